The Kier molecular flexibility index (Phi) is 8.14. The van der Waals surface area contributed by atoms with Gasteiger partial charge in [-0.3, -0.25) is 9.36 Å². The fourth-order valence-electron chi connectivity index (χ4n) is 7.03. The lowest BCUT2D eigenvalue weighted by Gasteiger charge is -2.36. The van der Waals surface area contributed by atoms with Gasteiger partial charge >= 0.3 is 0 Å². The molecule has 2 aromatic heterocycles. The van der Waals surface area contributed by atoms with Gasteiger partial charge in [0.25, 0.3) is 5.56 Å². The lowest BCUT2D eigenvalue weighted by atomic mass is 9.77. The molecule has 0 radical (unpaired) electrons. The summed E-state index contributed by atoms with van der Waals surface area (Å²) in [6.07, 6.45) is 0.663. The SMILES string of the molecule is CCc1nc2ccccc2c(=O)n1Cc1ccc(-c2ccccc2-c2nnnn2C(c2ccccc2)(c2ccccc2)c2ccccc2)cc1. The second kappa shape index (κ2) is 13.2. The van der Waals surface area contributed by atoms with E-state index in [2.05, 4.69) is 114 Å². The molecule has 0 atom stereocenters. The van der Waals surface area contributed by atoms with Gasteiger partial charge in [-0.05, 0) is 55.9 Å². The molecular formula is C43H34N6O. The van der Waals surface area contributed by atoms with E-state index in [9.17, 15) is 4.79 Å². The minimum atomic E-state index is -0.863. The zero-order chi connectivity index (χ0) is 33.9. The summed E-state index contributed by atoms with van der Waals surface area (Å²) in [6, 6.07) is 55.4. The van der Waals surface area contributed by atoms with Crippen molar-refractivity contribution < 1.29 is 0 Å². The second-order valence-electron chi connectivity index (χ2n) is 12.3. The summed E-state index contributed by atoms with van der Waals surface area (Å²) in [5.41, 5.74) is 6.90. The van der Waals surface area contributed by atoms with Crippen LogP contribution in [-0.4, -0.2) is 29.8 Å². The van der Waals surface area contributed by atoms with Crippen LogP contribution in [0.25, 0.3) is 33.4 Å². The first-order valence-electron chi connectivity index (χ1n) is 16.8. The third-order valence-corrected chi connectivity index (χ3v) is 9.39. The van der Waals surface area contributed by atoms with Gasteiger partial charge in [-0.2, -0.15) is 0 Å². The van der Waals surface area contributed by atoms with Crippen molar-refractivity contribution in [1.29, 1.82) is 0 Å². The average molecular weight is 651 g/mol. The largest absolute Gasteiger partial charge is 0.292 e. The molecular weight excluding hydrogens is 617 g/mol. The maximum Gasteiger partial charge on any atom is 0.261 e. The molecule has 7 heteroatoms. The number of tetrazole rings is 1. The Labute approximate surface area is 290 Å². The predicted octanol–water partition coefficient (Wildman–Crippen LogP) is 8.17. The van der Waals surface area contributed by atoms with E-state index in [1.165, 1.54) is 0 Å². The van der Waals surface area contributed by atoms with Crippen LogP contribution in [0.4, 0.5) is 0 Å². The second-order valence-corrected chi connectivity index (χ2v) is 12.3. The Balaban J connectivity index is 1.24. The topological polar surface area (TPSA) is 78.5 Å². The zero-order valence-corrected chi connectivity index (χ0v) is 27.6. The van der Waals surface area contributed by atoms with Crippen molar-refractivity contribution in [3.05, 3.63) is 202 Å². The van der Waals surface area contributed by atoms with Crippen molar-refractivity contribution in [2.24, 2.45) is 0 Å². The van der Waals surface area contributed by atoms with Crippen LogP contribution >= 0.6 is 0 Å². The molecule has 0 unspecified atom stereocenters. The van der Waals surface area contributed by atoms with Gasteiger partial charge in [0.05, 0.1) is 17.4 Å². The summed E-state index contributed by atoms with van der Waals surface area (Å²) in [7, 11) is 0. The normalized spacial score (nSPS) is 11.5. The lowest BCUT2D eigenvalue weighted by molar-refractivity contribution is 0.451. The highest BCUT2D eigenvalue weighted by Gasteiger charge is 2.42. The van der Waals surface area contributed by atoms with Crippen LogP contribution in [0.1, 0.15) is 35.0 Å². The summed E-state index contributed by atoms with van der Waals surface area (Å²) in [5.74, 6) is 1.41. The minimum absolute atomic E-state index is 0.0209. The number of benzene rings is 6. The Morgan fingerprint density at radius 3 is 1.74 bits per heavy atom. The van der Waals surface area contributed by atoms with E-state index in [1.54, 1.807) is 4.57 Å². The molecule has 242 valence electrons. The first kappa shape index (κ1) is 30.8. The van der Waals surface area contributed by atoms with Crippen molar-refractivity contribution in [2.45, 2.75) is 25.4 Å². The molecule has 0 bridgehead atoms. The molecule has 2 heterocycles. The number of hydrogen-bond donors (Lipinski definition) is 0. The van der Waals surface area contributed by atoms with Crippen molar-refractivity contribution in [2.75, 3.05) is 0 Å². The van der Waals surface area contributed by atoms with Gasteiger partial charge in [0.2, 0.25) is 0 Å². The van der Waals surface area contributed by atoms with Crippen LogP contribution in [0, 0.1) is 0 Å². The highest BCUT2D eigenvalue weighted by Crippen LogP contribution is 2.43. The van der Waals surface area contributed by atoms with Crippen LogP contribution in [0.3, 0.4) is 0 Å². The Morgan fingerprint density at radius 2 is 1.14 bits per heavy atom. The van der Waals surface area contributed by atoms with Crippen LogP contribution in [-0.2, 0) is 18.5 Å². The van der Waals surface area contributed by atoms with Crippen LogP contribution in [0.5, 0.6) is 0 Å². The van der Waals surface area contributed by atoms with E-state index in [0.717, 1.165) is 50.3 Å². The van der Waals surface area contributed by atoms with E-state index in [4.69, 9.17) is 15.3 Å². The van der Waals surface area contributed by atoms with E-state index in [-0.39, 0.29) is 5.56 Å². The number of aromatic nitrogens is 6. The van der Waals surface area contributed by atoms with Crippen LogP contribution < -0.4 is 5.56 Å². The van der Waals surface area contributed by atoms with Gasteiger partial charge in [0.1, 0.15) is 11.4 Å². The Morgan fingerprint density at radius 1 is 0.600 bits per heavy atom. The molecule has 50 heavy (non-hydrogen) atoms. The summed E-state index contributed by atoms with van der Waals surface area (Å²) in [4.78, 5) is 18.3. The Bertz CT molecular complexity index is 2360. The van der Waals surface area contributed by atoms with Crippen molar-refractivity contribution in [1.82, 2.24) is 29.8 Å². The van der Waals surface area contributed by atoms with Crippen molar-refractivity contribution in [3.8, 4) is 22.5 Å². The molecule has 0 aliphatic carbocycles. The summed E-state index contributed by atoms with van der Waals surface area (Å²) in [5, 5.41) is 14.4. The van der Waals surface area contributed by atoms with Crippen LogP contribution in [0.2, 0.25) is 0 Å². The molecule has 0 aliphatic rings. The summed E-state index contributed by atoms with van der Waals surface area (Å²) in [6.45, 7) is 2.47. The fraction of sp³-hybridized carbons (Fsp3) is 0.0930. The van der Waals surface area contributed by atoms with Gasteiger partial charge in [-0.1, -0.05) is 159 Å². The average Bonchev–Trinajstić information content (AvgIpc) is 3.68. The molecule has 0 amide bonds. The highest BCUT2D eigenvalue weighted by molar-refractivity contribution is 5.81. The molecule has 8 rings (SSSR count). The quantitative estimate of drug-likeness (QED) is 0.147. The molecule has 0 spiro atoms. The fourth-order valence-corrected chi connectivity index (χ4v) is 7.03. The number of para-hydroxylation sites is 1. The highest BCUT2D eigenvalue weighted by atomic mass is 16.1. The van der Waals surface area contributed by atoms with E-state index in [1.807, 2.05) is 66.2 Å². The lowest BCUT2D eigenvalue weighted by Crippen LogP contribution is -2.39. The van der Waals surface area contributed by atoms with Gasteiger partial charge in [-0.25, -0.2) is 9.67 Å². The third kappa shape index (κ3) is 5.29. The summed E-state index contributed by atoms with van der Waals surface area (Å²) >= 11 is 0. The number of fused-ring (bicyclic) bond motifs is 1. The number of rotatable bonds is 9. The monoisotopic (exact) mass is 650 g/mol. The van der Waals surface area contributed by atoms with Gasteiger partial charge in [0.15, 0.2) is 5.82 Å². The number of nitrogens with zero attached hydrogens (tertiary/aromatic N) is 6. The number of aryl methyl sites for hydroxylation is 1. The molecule has 0 N–H and O–H groups in total. The van der Waals surface area contributed by atoms with Gasteiger partial charge in [-0.15, -0.1) is 5.10 Å². The maximum absolute atomic E-state index is 13.5. The molecule has 7 nitrogen and oxygen atoms in total. The smallest absolute Gasteiger partial charge is 0.261 e. The van der Waals surface area contributed by atoms with E-state index >= 15 is 0 Å². The Hall–Kier alpha value is -6.47. The third-order valence-electron chi connectivity index (χ3n) is 9.39. The molecule has 0 saturated carbocycles. The van der Waals surface area contributed by atoms with Gasteiger partial charge in [0, 0.05) is 12.0 Å². The minimum Gasteiger partial charge on any atom is -0.292 e. The predicted molar refractivity (Wildman–Crippen MR) is 198 cm³/mol. The summed E-state index contributed by atoms with van der Waals surface area (Å²) < 4.78 is 3.75. The van der Waals surface area contributed by atoms with E-state index in [0.29, 0.717) is 24.2 Å². The molecule has 0 aliphatic heterocycles. The first-order valence-corrected chi connectivity index (χ1v) is 16.8. The van der Waals surface area contributed by atoms with Crippen molar-refractivity contribution in [3.63, 3.8) is 0 Å². The van der Waals surface area contributed by atoms with Crippen molar-refractivity contribution >= 4 is 10.9 Å². The molecule has 0 saturated heterocycles. The molecule has 6 aromatic carbocycles. The first-order chi connectivity index (χ1) is 24.7. The molecule has 0 fully saturated rings. The zero-order valence-electron chi connectivity index (χ0n) is 27.6. The van der Waals surface area contributed by atoms with E-state index < -0.39 is 5.54 Å². The van der Waals surface area contributed by atoms with Crippen LogP contribution in [0.15, 0.2) is 169 Å². The maximum atomic E-state index is 13.5. The van der Waals surface area contributed by atoms with Gasteiger partial charge < -0.3 is 0 Å². The number of hydrogen-bond acceptors (Lipinski definition) is 5. The molecule has 8 aromatic rings. The standard InChI is InChI=1S/C43H34N6O/c1-2-40-44-39-25-15-14-24-38(39)42(50)48(40)30-31-26-28-32(29-27-31)36-22-12-13-23-37(36)41-45-46-47-49(41)43(33-16-6-3-7-17-33,34-18-8-4-9-19-34)35-20-10-5-11-21-35/h3-29H,2,30H2,1H3.